The van der Waals surface area contributed by atoms with Gasteiger partial charge in [0, 0.05) is 18.3 Å². The van der Waals surface area contributed by atoms with Crippen LogP contribution in [0.15, 0.2) is 47.4 Å². The van der Waals surface area contributed by atoms with Gasteiger partial charge in [-0.25, -0.2) is 0 Å². The van der Waals surface area contributed by atoms with Crippen molar-refractivity contribution in [1.29, 1.82) is 0 Å². The molecule has 0 amide bonds. The third kappa shape index (κ3) is 2.68. The molecule has 1 saturated heterocycles. The Labute approximate surface area is 119 Å². The van der Waals surface area contributed by atoms with E-state index in [2.05, 4.69) is 41.1 Å². The molecule has 3 rings (SSSR count). The van der Waals surface area contributed by atoms with Gasteiger partial charge < -0.3 is 4.98 Å². The normalized spacial score (nSPS) is 17.2. The molecule has 0 unspecified atom stereocenters. The number of pyridine rings is 1. The minimum atomic E-state index is -0.0599. The molecule has 1 aliphatic rings. The third-order valence-corrected chi connectivity index (χ3v) is 4.17. The average molecular weight is 268 g/mol. The van der Waals surface area contributed by atoms with Crippen molar-refractivity contribution >= 4 is 0 Å². The van der Waals surface area contributed by atoms with Gasteiger partial charge in [0.2, 0.25) is 5.56 Å². The summed E-state index contributed by atoms with van der Waals surface area (Å²) in [5, 5.41) is 0. The van der Waals surface area contributed by atoms with E-state index in [9.17, 15) is 4.79 Å². The number of aromatic amines is 1. The predicted octanol–water partition coefficient (Wildman–Crippen LogP) is 3.20. The van der Waals surface area contributed by atoms with E-state index < -0.39 is 0 Å². The van der Waals surface area contributed by atoms with E-state index >= 15 is 0 Å². The monoisotopic (exact) mass is 268 g/mol. The molecule has 0 radical (unpaired) electrons. The van der Waals surface area contributed by atoms with Crippen molar-refractivity contribution in [2.75, 3.05) is 13.1 Å². The first-order valence-electron chi connectivity index (χ1n) is 7.27. The summed E-state index contributed by atoms with van der Waals surface area (Å²) < 4.78 is 0. The van der Waals surface area contributed by atoms with Crippen LogP contribution in [0.4, 0.5) is 0 Å². The number of hydrogen-bond donors (Lipinski definition) is 1. The molecular formula is C17H20N2O. The van der Waals surface area contributed by atoms with E-state index in [1.165, 1.54) is 31.5 Å². The zero-order valence-corrected chi connectivity index (χ0v) is 11.8. The highest BCUT2D eigenvalue weighted by Gasteiger charge is 2.19. The summed E-state index contributed by atoms with van der Waals surface area (Å²) in [7, 11) is 0. The van der Waals surface area contributed by atoms with Crippen molar-refractivity contribution in [2.45, 2.75) is 25.8 Å². The van der Waals surface area contributed by atoms with Gasteiger partial charge in [0.25, 0.3) is 0 Å². The Hall–Kier alpha value is -1.87. The second-order valence-corrected chi connectivity index (χ2v) is 5.49. The number of rotatable bonds is 3. The van der Waals surface area contributed by atoms with Crippen LogP contribution in [0, 0.1) is 0 Å². The Balaban J connectivity index is 1.88. The number of benzene rings is 1. The summed E-state index contributed by atoms with van der Waals surface area (Å²) in [5.41, 5.74) is 3.50. The Morgan fingerprint density at radius 1 is 1.10 bits per heavy atom. The summed E-state index contributed by atoms with van der Waals surface area (Å²) >= 11 is 0. The molecule has 1 atom stereocenters. The van der Waals surface area contributed by atoms with Crippen molar-refractivity contribution in [3.05, 3.63) is 58.5 Å². The fourth-order valence-corrected chi connectivity index (χ4v) is 2.91. The van der Waals surface area contributed by atoms with Crippen molar-refractivity contribution in [2.24, 2.45) is 0 Å². The first-order valence-corrected chi connectivity index (χ1v) is 7.27. The van der Waals surface area contributed by atoms with Gasteiger partial charge in [-0.1, -0.05) is 18.2 Å². The molecule has 104 valence electrons. The molecule has 2 heterocycles. The number of hydrogen-bond acceptors (Lipinski definition) is 2. The highest BCUT2D eigenvalue weighted by atomic mass is 16.1. The van der Waals surface area contributed by atoms with Crippen LogP contribution in [0.25, 0.3) is 11.1 Å². The minimum absolute atomic E-state index is 0.0599. The number of nitrogens with one attached hydrogen (secondary N) is 1. The van der Waals surface area contributed by atoms with Crippen molar-refractivity contribution in [3.8, 4) is 11.1 Å². The van der Waals surface area contributed by atoms with E-state index in [1.807, 2.05) is 6.07 Å². The topological polar surface area (TPSA) is 36.1 Å². The zero-order valence-electron chi connectivity index (χ0n) is 11.8. The van der Waals surface area contributed by atoms with E-state index in [0.29, 0.717) is 6.04 Å². The predicted molar refractivity (Wildman–Crippen MR) is 81.7 cm³/mol. The number of likely N-dealkylation sites (tertiary alicyclic amines) is 1. The van der Waals surface area contributed by atoms with Crippen LogP contribution < -0.4 is 5.56 Å². The van der Waals surface area contributed by atoms with Gasteiger partial charge in [0.05, 0.1) is 0 Å². The summed E-state index contributed by atoms with van der Waals surface area (Å²) in [5.74, 6) is 0. The number of aromatic nitrogens is 1. The zero-order chi connectivity index (χ0) is 13.9. The van der Waals surface area contributed by atoms with E-state index in [1.54, 1.807) is 12.3 Å². The smallest absolute Gasteiger partial charge is 0.247 e. The molecular weight excluding hydrogens is 248 g/mol. The van der Waals surface area contributed by atoms with E-state index in [4.69, 9.17) is 0 Å². The third-order valence-electron chi connectivity index (χ3n) is 4.17. The van der Waals surface area contributed by atoms with Crippen LogP contribution in [0.1, 0.15) is 31.4 Å². The Bertz CT molecular complexity index is 621. The highest BCUT2D eigenvalue weighted by Crippen LogP contribution is 2.27. The summed E-state index contributed by atoms with van der Waals surface area (Å²) in [6, 6.07) is 12.5. The highest BCUT2D eigenvalue weighted by molar-refractivity contribution is 5.63. The van der Waals surface area contributed by atoms with Crippen molar-refractivity contribution in [3.63, 3.8) is 0 Å². The van der Waals surface area contributed by atoms with Gasteiger partial charge in [-0.3, -0.25) is 9.69 Å². The van der Waals surface area contributed by atoms with Crippen LogP contribution >= 0.6 is 0 Å². The molecule has 0 spiro atoms. The Morgan fingerprint density at radius 2 is 1.90 bits per heavy atom. The summed E-state index contributed by atoms with van der Waals surface area (Å²) in [4.78, 5) is 16.4. The first-order chi connectivity index (χ1) is 9.74. The lowest BCUT2D eigenvalue weighted by Gasteiger charge is -2.24. The molecule has 0 bridgehead atoms. The lowest BCUT2D eigenvalue weighted by atomic mass is 10.0. The SMILES string of the molecule is C[C@H](c1cccc(-c2ccc(=O)[nH]c2)c1)N1CCCC1. The molecule has 0 saturated carbocycles. The van der Waals surface area contributed by atoms with Crippen LogP contribution in [0.3, 0.4) is 0 Å². The molecule has 1 fully saturated rings. The second-order valence-electron chi connectivity index (χ2n) is 5.49. The number of H-pyrrole nitrogens is 1. The molecule has 3 nitrogen and oxygen atoms in total. The number of nitrogens with zero attached hydrogens (tertiary/aromatic N) is 1. The van der Waals surface area contributed by atoms with Crippen LogP contribution in [0.2, 0.25) is 0 Å². The molecule has 1 aromatic carbocycles. The fraction of sp³-hybridized carbons (Fsp3) is 0.353. The second kappa shape index (κ2) is 5.63. The summed E-state index contributed by atoms with van der Waals surface area (Å²) in [6.07, 6.45) is 4.40. The standard InChI is InChI=1S/C17H20N2O/c1-13(19-9-2-3-10-19)14-5-4-6-15(11-14)16-7-8-17(20)18-12-16/h4-8,11-13H,2-3,9-10H2,1H3,(H,18,20)/t13-/m1/s1. The lowest BCUT2D eigenvalue weighted by molar-refractivity contribution is 0.263. The van der Waals surface area contributed by atoms with Gasteiger partial charge in [0.15, 0.2) is 0 Å². The van der Waals surface area contributed by atoms with Gasteiger partial charge in [-0.05, 0) is 61.7 Å². The van der Waals surface area contributed by atoms with Crippen LogP contribution in [-0.2, 0) is 0 Å². The maximum Gasteiger partial charge on any atom is 0.247 e. The Kier molecular flexibility index (Phi) is 3.70. The maximum atomic E-state index is 11.1. The van der Waals surface area contributed by atoms with Gasteiger partial charge in [0.1, 0.15) is 0 Å². The van der Waals surface area contributed by atoms with Crippen molar-refractivity contribution in [1.82, 2.24) is 9.88 Å². The Morgan fingerprint density at radius 3 is 2.60 bits per heavy atom. The van der Waals surface area contributed by atoms with Crippen LogP contribution in [-0.4, -0.2) is 23.0 Å². The van der Waals surface area contributed by atoms with E-state index in [0.717, 1.165) is 11.1 Å². The largest absolute Gasteiger partial charge is 0.328 e. The van der Waals surface area contributed by atoms with Gasteiger partial charge in [-0.2, -0.15) is 0 Å². The first kappa shape index (κ1) is 13.1. The van der Waals surface area contributed by atoms with Crippen LogP contribution in [0.5, 0.6) is 0 Å². The minimum Gasteiger partial charge on any atom is -0.328 e. The molecule has 1 aliphatic heterocycles. The van der Waals surface area contributed by atoms with E-state index in [-0.39, 0.29) is 5.56 Å². The van der Waals surface area contributed by atoms with Gasteiger partial charge >= 0.3 is 0 Å². The lowest BCUT2D eigenvalue weighted by Crippen LogP contribution is -2.23. The van der Waals surface area contributed by atoms with Gasteiger partial charge in [-0.15, -0.1) is 0 Å². The molecule has 1 aromatic heterocycles. The fourth-order valence-electron chi connectivity index (χ4n) is 2.91. The molecule has 1 N–H and O–H groups in total. The van der Waals surface area contributed by atoms with Crippen molar-refractivity contribution < 1.29 is 0 Å². The molecule has 20 heavy (non-hydrogen) atoms. The molecule has 2 aromatic rings. The quantitative estimate of drug-likeness (QED) is 0.928. The molecule has 3 heteroatoms. The summed E-state index contributed by atoms with van der Waals surface area (Å²) in [6.45, 7) is 4.67. The molecule has 0 aliphatic carbocycles. The maximum absolute atomic E-state index is 11.1. The average Bonchev–Trinajstić information content (AvgIpc) is 3.01.